The first-order valence-corrected chi connectivity index (χ1v) is 12.6. The van der Waals surface area contributed by atoms with Crippen molar-refractivity contribution in [1.82, 2.24) is 0 Å². The fraction of sp³-hybridized carbons (Fsp3) is 0.846. The molecule has 4 nitrogen and oxygen atoms in total. The number of hydrogen-bond donors (Lipinski definition) is 1. The highest BCUT2D eigenvalue weighted by atomic mass is 16.5. The zero-order chi connectivity index (χ0) is 22.2. The maximum atomic E-state index is 12.8. The monoisotopic (exact) mass is 422 g/mol. The molecule has 174 valence electrons. The second-order valence-electron chi connectivity index (χ2n) is 9.48. The molecule has 0 saturated heterocycles. The van der Waals surface area contributed by atoms with Crippen molar-refractivity contribution in [2.24, 2.45) is 17.8 Å². The summed E-state index contributed by atoms with van der Waals surface area (Å²) in [6.07, 6.45) is 20.1. The summed E-state index contributed by atoms with van der Waals surface area (Å²) in [7, 11) is 0. The van der Waals surface area contributed by atoms with Crippen molar-refractivity contribution in [2.75, 3.05) is 0 Å². The average molecular weight is 423 g/mol. The van der Waals surface area contributed by atoms with Gasteiger partial charge in [0.15, 0.2) is 0 Å². The summed E-state index contributed by atoms with van der Waals surface area (Å²) in [5.41, 5.74) is 0. The summed E-state index contributed by atoms with van der Waals surface area (Å²) in [5, 5.41) is 9.46. The van der Waals surface area contributed by atoms with Gasteiger partial charge in [0.2, 0.25) is 0 Å². The molecule has 1 rings (SSSR count). The molecule has 0 aromatic rings. The van der Waals surface area contributed by atoms with E-state index in [0.717, 1.165) is 38.0 Å². The van der Waals surface area contributed by atoms with Gasteiger partial charge in [0.1, 0.15) is 6.10 Å². The molecule has 0 aromatic carbocycles. The molecule has 4 heteroatoms. The predicted octanol–water partition coefficient (Wildman–Crippen LogP) is 7.31. The van der Waals surface area contributed by atoms with E-state index >= 15 is 0 Å². The van der Waals surface area contributed by atoms with Crippen LogP contribution in [-0.2, 0) is 14.3 Å². The third-order valence-electron chi connectivity index (χ3n) is 6.23. The Hall–Kier alpha value is -1.32. The van der Waals surface area contributed by atoms with Crippen molar-refractivity contribution in [3.05, 3.63) is 12.2 Å². The lowest BCUT2D eigenvalue weighted by Gasteiger charge is -2.26. The molecule has 3 unspecified atom stereocenters. The predicted molar refractivity (Wildman–Crippen MR) is 123 cm³/mol. The smallest absolute Gasteiger partial charge is 0.313 e. The highest BCUT2D eigenvalue weighted by Crippen LogP contribution is 2.28. The van der Waals surface area contributed by atoms with Crippen molar-refractivity contribution in [2.45, 2.75) is 123 Å². The van der Waals surface area contributed by atoms with Gasteiger partial charge in [0.25, 0.3) is 0 Å². The number of ether oxygens (including phenoxy) is 1. The molecule has 0 radical (unpaired) electrons. The number of esters is 1. The zero-order valence-corrected chi connectivity index (χ0v) is 19.7. The van der Waals surface area contributed by atoms with Crippen molar-refractivity contribution < 1.29 is 19.4 Å². The number of unbranched alkanes of at least 4 members (excludes halogenated alkanes) is 8. The van der Waals surface area contributed by atoms with Crippen LogP contribution >= 0.6 is 0 Å². The van der Waals surface area contributed by atoms with Crippen molar-refractivity contribution in [1.29, 1.82) is 0 Å². The van der Waals surface area contributed by atoms with Gasteiger partial charge in [-0.3, -0.25) is 9.59 Å². The minimum absolute atomic E-state index is 0.0723. The molecule has 0 saturated carbocycles. The van der Waals surface area contributed by atoms with Crippen LogP contribution in [0.5, 0.6) is 0 Å². The van der Waals surface area contributed by atoms with E-state index in [1.807, 2.05) is 6.08 Å². The van der Waals surface area contributed by atoms with E-state index in [2.05, 4.69) is 20.8 Å². The van der Waals surface area contributed by atoms with E-state index in [9.17, 15) is 14.7 Å². The lowest BCUT2D eigenvalue weighted by molar-refractivity contribution is -0.160. The Morgan fingerprint density at radius 2 is 1.50 bits per heavy atom. The van der Waals surface area contributed by atoms with Crippen LogP contribution in [-0.4, -0.2) is 23.1 Å². The molecule has 30 heavy (non-hydrogen) atoms. The molecule has 0 fully saturated rings. The molecule has 0 aliphatic heterocycles. The summed E-state index contributed by atoms with van der Waals surface area (Å²) < 4.78 is 5.89. The minimum Gasteiger partial charge on any atom is -0.481 e. The molecule has 0 amide bonds. The number of carbonyl (C=O) groups is 2. The average Bonchev–Trinajstić information content (AvgIpc) is 2.72. The summed E-state index contributed by atoms with van der Waals surface area (Å²) in [5.74, 6) is -1.77. The molecule has 1 N–H and O–H groups in total. The van der Waals surface area contributed by atoms with Crippen LogP contribution in [0.15, 0.2) is 12.2 Å². The number of aliphatic carboxylic acids is 1. The van der Waals surface area contributed by atoms with Gasteiger partial charge in [-0.15, -0.1) is 0 Å². The van der Waals surface area contributed by atoms with E-state index in [1.165, 1.54) is 57.8 Å². The lowest BCUT2D eigenvalue weighted by atomic mass is 9.84. The standard InChI is InChI=1S/C26H46O4/c1-4-5-6-7-8-9-12-17-22(18-13-10-11-16-21(2)3)30-26(29)24-20-15-14-19-23(24)25(27)28/h15,20-24H,4-14,16-19H2,1-3H3,(H,27,28). The number of rotatable bonds is 17. The van der Waals surface area contributed by atoms with Gasteiger partial charge < -0.3 is 9.84 Å². The topological polar surface area (TPSA) is 63.6 Å². The fourth-order valence-corrected chi connectivity index (χ4v) is 4.29. The van der Waals surface area contributed by atoms with E-state index < -0.39 is 17.8 Å². The van der Waals surface area contributed by atoms with Gasteiger partial charge in [0, 0.05) is 0 Å². The number of carbonyl (C=O) groups excluding carboxylic acids is 1. The largest absolute Gasteiger partial charge is 0.481 e. The molecule has 1 aliphatic carbocycles. The Morgan fingerprint density at radius 3 is 2.10 bits per heavy atom. The van der Waals surface area contributed by atoms with Crippen molar-refractivity contribution in [3.8, 4) is 0 Å². The van der Waals surface area contributed by atoms with Crippen LogP contribution in [0.3, 0.4) is 0 Å². The maximum absolute atomic E-state index is 12.8. The van der Waals surface area contributed by atoms with E-state index in [0.29, 0.717) is 6.42 Å². The van der Waals surface area contributed by atoms with Gasteiger partial charge in [-0.1, -0.05) is 90.7 Å². The lowest BCUT2D eigenvalue weighted by Crippen LogP contribution is -2.33. The van der Waals surface area contributed by atoms with Crippen LogP contribution in [0.1, 0.15) is 117 Å². The first-order valence-electron chi connectivity index (χ1n) is 12.6. The number of carboxylic acids is 1. The second kappa shape index (κ2) is 16.4. The molecule has 0 bridgehead atoms. The van der Waals surface area contributed by atoms with E-state index in [4.69, 9.17) is 4.74 Å². The Bertz CT molecular complexity index is 497. The maximum Gasteiger partial charge on any atom is 0.313 e. The molecule has 0 aromatic heterocycles. The van der Waals surface area contributed by atoms with Crippen molar-refractivity contribution in [3.63, 3.8) is 0 Å². The Morgan fingerprint density at radius 1 is 0.933 bits per heavy atom. The van der Waals surface area contributed by atoms with Crippen LogP contribution in [0.25, 0.3) is 0 Å². The molecule has 0 spiro atoms. The number of hydrogen-bond acceptors (Lipinski definition) is 3. The molecule has 0 heterocycles. The molecular weight excluding hydrogens is 376 g/mol. The number of allylic oxidation sites excluding steroid dienone is 1. The summed E-state index contributed by atoms with van der Waals surface area (Å²) in [4.78, 5) is 24.3. The first kappa shape index (κ1) is 26.7. The van der Waals surface area contributed by atoms with E-state index in [-0.39, 0.29) is 12.1 Å². The number of carboxylic acid groups (broad SMARTS) is 1. The summed E-state index contributed by atoms with van der Waals surface area (Å²) in [6.45, 7) is 6.74. The van der Waals surface area contributed by atoms with Gasteiger partial charge in [-0.05, 0) is 44.4 Å². The highest BCUT2D eigenvalue weighted by molar-refractivity contribution is 5.83. The fourth-order valence-electron chi connectivity index (χ4n) is 4.29. The van der Waals surface area contributed by atoms with E-state index in [1.54, 1.807) is 6.08 Å². The van der Waals surface area contributed by atoms with Crippen LogP contribution in [0.4, 0.5) is 0 Å². The first-order chi connectivity index (χ1) is 14.5. The van der Waals surface area contributed by atoms with Gasteiger partial charge in [0.05, 0.1) is 11.8 Å². The molecule has 1 aliphatic rings. The summed E-state index contributed by atoms with van der Waals surface area (Å²) in [6, 6.07) is 0. The third-order valence-corrected chi connectivity index (χ3v) is 6.23. The highest BCUT2D eigenvalue weighted by Gasteiger charge is 2.35. The normalized spacial score (nSPS) is 19.7. The Balaban J connectivity index is 2.49. The van der Waals surface area contributed by atoms with Gasteiger partial charge >= 0.3 is 11.9 Å². The minimum atomic E-state index is -0.890. The van der Waals surface area contributed by atoms with Gasteiger partial charge in [-0.2, -0.15) is 0 Å². The van der Waals surface area contributed by atoms with Crippen LogP contribution in [0, 0.1) is 17.8 Å². The molecule has 3 atom stereocenters. The second-order valence-corrected chi connectivity index (χ2v) is 9.48. The van der Waals surface area contributed by atoms with Crippen molar-refractivity contribution >= 4 is 11.9 Å². The quantitative estimate of drug-likeness (QED) is 0.152. The van der Waals surface area contributed by atoms with Crippen LogP contribution < -0.4 is 0 Å². The molecular formula is C26H46O4. The Labute approximate surface area is 184 Å². The zero-order valence-electron chi connectivity index (χ0n) is 19.7. The van der Waals surface area contributed by atoms with Crippen LogP contribution in [0.2, 0.25) is 0 Å². The third kappa shape index (κ3) is 11.8. The SMILES string of the molecule is CCCCCCCCCC(CCCCCC(C)C)OC(=O)C1C=CCCC1C(=O)O. The van der Waals surface area contributed by atoms with Gasteiger partial charge in [-0.25, -0.2) is 0 Å². The Kier molecular flexibility index (Phi) is 14.6. The summed E-state index contributed by atoms with van der Waals surface area (Å²) >= 11 is 0.